The number of likely N-dealkylation sites (N-methyl/N-ethyl adjacent to an activating group) is 1. The van der Waals surface area contributed by atoms with Crippen LogP contribution in [0, 0.1) is 6.92 Å². The van der Waals surface area contributed by atoms with Gasteiger partial charge in [0.1, 0.15) is 11.4 Å². The first kappa shape index (κ1) is 16.3. The molecule has 1 aliphatic heterocycles. The number of piperidine rings is 1. The van der Waals surface area contributed by atoms with Crippen molar-refractivity contribution >= 4 is 5.82 Å². The van der Waals surface area contributed by atoms with Crippen LogP contribution in [0.4, 0.5) is 5.82 Å². The first-order valence-electron chi connectivity index (χ1n) is 9.25. The molecule has 4 rings (SSSR count). The van der Waals surface area contributed by atoms with Crippen LogP contribution in [0.5, 0.6) is 5.75 Å². The lowest BCUT2D eigenvalue weighted by atomic mass is 10.0. The van der Waals surface area contributed by atoms with Gasteiger partial charge >= 0.3 is 0 Å². The molecule has 2 aromatic rings. The van der Waals surface area contributed by atoms with E-state index in [9.17, 15) is 5.11 Å². The SMILES string of the molecule is Cc1ccc(-c2nnc(N[C@@H]3CCCN(C)C3)c3c2CCC3)c(O)c1. The molecule has 2 N–H and O–H groups in total. The maximum Gasteiger partial charge on any atom is 0.152 e. The molecular weight excluding hydrogens is 312 g/mol. The molecule has 5 heteroatoms. The second-order valence-electron chi connectivity index (χ2n) is 7.47. The van der Waals surface area contributed by atoms with E-state index in [1.165, 1.54) is 30.5 Å². The maximum absolute atomic E-state index is 10.3. The van der Waals surface area contributed by atoms with Gasteiger partial charge in [-0.3, -0.25) is 0 Å². The van der Waals surface area contributed by atoms with Gasteiger partial charge in [0.25, 0.3) is 0 Å². The van der Waals surface area contributed by atoms with E-state index in [0.29, 0.717) is 6.04 Å². The number of fused-ring (bicyclic) bond motifs is 1. The lowest BCUT2D eigenvalue weighted by Crippen LogP contribution is -2.40. The number of aromatic nitrogens is 2. The monoisotopic (exact) mass is 338 g/mol. The number of benzene rings is 1. The van der Waals surface area contributed by atoms with E-state index in [-0.39, 0.29) is 5.75 Å². The highest BCUT2D eigenvalue weighted by molar-refractivity contribution is 5.73. The first-order valence-corrected chi connectivity index (χ1v) is 9.25. The summed E-state index contributed by atoms with van der Waals surface area (Å²) >= 11 is 0. The zero-order valence-corrected chi connectivity index (χ0v) is 15.0. The highest BCUT2D eigenvalue weighted by atomic mass is 16.3. The van der Waals surface area contributed by atoms with Crippen molar-refractivity contribution < 1.29 is 5.11 Å². The van der Waals surface area contributed by atoms with Crippen molar-refractivity contribution in [3.63, 3.8) is 0 Å². The Morgan fingerprint density at radius 1 is 1.16 bits per heavy atom. The molecule has 2 heterocycles. The third kappa shape index (κ3) is 3.21. The van der Waals surface area contributed by atoms with Crippen LogP contribution in [0.3, 0.4) is 0 Å². The number of nitrogens with zero attached hydrogens (tertiary/aromatic N) is 3. The minimum absolute atomic E-state index is 0.290. The van der Waals surface area contributed by atoms with Crippen LogP contribution in [0.1, 0.15) is 36.0 Å². The second kappa shape index (κ2) is 6.64. The molecule has 1 aliphatic carbocycles. The van der Waals surface area contributed by atoms with Crippen LogP contribution in [-0.2, 0) is 12.8 Å². The third-order valence-corrected chi connectivity index (χ3v) is 5.41. The van der Waals surface area contributed by atoms with E-state index in [4.69, 9.17) is 0 Å². The number of aryl methyl sites for hydroxylation is 1. The summed E-state index contributed by atoms with van der Waals surface area (Å²) in [5.41, 5.74) is 5.22. The normalized spacial score (nSPS) is 20.5. The van der Waals surface area contributed by atoms with Gasteiger partial charge in [-0.2, -0.15) is 0 Å². The van der Waals surface area contributed by atoms with Crippen LogP contribution in [-0.4, -0.2) is 46.4 Å². The number of rotatable bonds is 3. The molecule has 1 saturated heterocycles. The van der Waals surface area contributed by atoms with Crippen molar-refractivity contribution in [2.75, 3.05) is 25.5 Å². The fraction of sp³-hybridized carbons (Fsp3) is 0.500. The summed E-state index contributed by atoms with van der Waals surface area (Å²) in [6, 6.07) is 6.21. The lowest BCUT2D eigenvalue weighted by Gasteiger charge is -2.31. The Balaban J connectivity index is 1.67. The van der Waals surface area contributed by atoms with E-state index in [2.05, 4.69) is 27.5 Å². The molecule has 5 nitrogen and oxygen atoms in total. The highest BCUT2D eigenvalue weighted by Gasteiger charge is 2.25. The molecule has 0 radical (unpaired) electrons. The van der Waals surface area contributed by atoms with Gasteiger partial charge < -0.3 is 15.3 Å². The molecule has 0 unspecified atom stereocenters. The van der Waals surface area contributed by atoms with Gasteiger partial charge in [-0.1, -0.05) is 6.07 Å². The van der Waals surface area contributed by atoms with Crippen molar-refractivity contribution in [1.29, 1.82) is 0 Å². The predicted molar refractivity (Wildman–Crippen MR) is 100 cm³/mol. The van der Waals surface area contributed by atoms with Crippen molar-refractivity contribution in [2.24, 2.45) is 0 Å². The van der Waals surface area contributed by atoms with Crippen molar-refractivity contribution in [3.05, 3.63) is 34.9 Å². The molecule has 132 valence electrons. The zero-order valence-electron chi connectivity index (χ0n) is 15.0. The molecule has 25 heavy (non-hydrogen) atoms. The topological polar surface area (TPSA) is 61.3 Å². The van der Waals surface area contributed by atoms with Gasteiger partial charge in [0.15, 0.2) is 5.82 Å². The van der Waals surface area contributed by atoms with Crippen LogP contribution in [0.2, 0.25) is 0 Å². The summed E-state index contributed by atoms with van der Waals surface area (Å²) in [6.07, 6.45) is 5.57. The van der Waals surface area contributed by atoms with Crippen molar-refractivity contribution in [2.45, 2.75) is 45.1 Å². The van der Waals surface area contributed by atoms with Gasteiger partial charge in [0.2, 0.25) is 0 Å². The smallest absolute Gasteiger partial charge is 0.152 e. The molecule has 1 atom stereocenters. The Morgan fingerprint density at radius 3 is 2.80 bits per heavy atom. The molecule has 0 bridgehead atoms. The Bertz CT molecular complexity index is 790. The average Bonchev–Trinajstić information content (AvgIpc) is 3.06. The number of anilines is 1. The number of phenolic OH excluding ortho intramolecular Hbond substituents is 1. The Hall–Kier alpha value is -2.14. The van der Waals surface area contributed by atoms with Crippen LogP contribution in [0.25, 0.3) is 11.3 Å². The van der Waals surface area contributed by atoms with E-state index >= 15 is 0 Å². The standard InChI is InChI=1S/C20H26N4O/c1-13-8-9-17(18(25)11-13)19-15-6-3-7-16(15)20(23-22-19)21-14-5-4-10-24(2)12-14/h8-9,11,14,25H,3-7,10,12H2,1-2H3,(H,21,23)/t14-/m1/s1. The zero-order chi connectivity index (χ0) is 17.4. The van der Waals surface area contributed by atoms with Crippen LogP contribution in [0.15, 0.2) is 18.2 Å². The molecule has 0 amide bonds. The van der Waals surface area contributed by atoms with Crippen LogP contribution >= 0.6 is 0 Å². The quantitative estimate of drug-likeness (QED) is 0.900. The van der Waals surface area contributed by atoms with Gasteiger partial charge in [-0.25, -0.2) is 0 Å². The molecule has 0 saturated carbocycles. The van der Waals surface area contributed by atoms with E-state index in [1.54, 1.807) is 6.07 Å². The van der Waals surface area contributed by atoms with Gasteiger partial charge in [0.05, 0.1) is 0 Å². The number of likely N-dealkylation sites (tertiary alicyclic amines) is 1. The summed E-state index contributed by atoms with van der Waals surface area (Å²) in [5, 5.41) is 23.0. The summed E-state index contributed by atoms with van der Waals surface area (Å²) in [5.74, 6) is 1.24. The minimum atomic E-state index is 0.290. The Morgan fingerprint density at radius 2 is 2.00 bits per heavy atom. The third-order valence-electron chi connectivity index (χ3n) is 5.41. The lowest BCUT2D eigenvalue weighted by molar-refractivity contribution is 0.260. The Kier molecular flexibility index (Phi) is 4.34. The fourth-order valence-corrected chi connectivity index (χ4v) is 4.14. The first-order chi connectivity index (χ1) is 12.1. The number of aromatic hydroxyl groups is 1. The van der Waals surface area contributed by atoms with Gasteiger partial charge in [0, 0.05) is 23.7 Å². The van der Waals surface area contributed by atoms with E-state index in [0.717, 1.165) is 48.4 Å². The summed E-state index contributed by atoms with van der Waals surface area (Å²) in [6.45, 7) is 4.21. The summed E-state index contributed by atoms with van der Waals surface area (Å²) < 4.78 is 0. The molecule has 1 fully saturated rings. The number of hydrogen-bond donors (Lipinski definition) is 2. The second-order valence-corrected chi connectivity index (χ2v) is 7.47. The Labute approximate surface area is 149 Å². The molecule has 1 aromatic carbocycles. The average molecular weight is 338 g/mol. The van der Waals surface area contributed by atoms with Crippen LogP contribution < -0.4 is 5.32 Å². The van der Waals surface area contributed by atoms with Gasteiger partial charge in [-0.15, -0.1) is 10.2 Å². The number of hydrogen-bond acceptors (Lipinski definition) is 5. The largest absolute Gasteiger partial charge is 0.507 e. The van der Waals surface area contributed by atoms with E-state index in [1.807, 2.05) is 19.1 Å². The predicted octanol–water partition coefficient (Wildman–Crippen LogP) is 3.15. The number of nitrogens with one attached hydrogen (secondary N) is 1. The molecule has 1 aromatic heterocycles. The molecular formula is C20H26N4O. The fourth-order valence-electron chi connectivity index (χ4n) is 4.14. The molecule has 0 spiro atoms. The maximum atomic E-state index is 10.3. The minimum Gasteiger partial charge on any atom is -0.507 e. The highest BCUT2D eigenvalue weighted by Crippen LogP contribution is 2.37. The van der Waals surface area contributed by atoms with Gasteiger partial charge in [-0.05, 0) is 75.9 Å². The summed E-state index contributed by atoms with van der Waals surface area (Å²) in [4.78, 5) is 2.37. The van der Waals surface area contributed by atoms with Crippen molar-refractivity contribution in [3.8, 4) is 17.0 Å². The molecule has 2 aliphatic rings. The van der Waals surface area contributed by atoms with Crippen molar-refractivity contribution in [1.82, 2.24) is 15.1 Å². The summed E-state index contributed by atoms with van der Waals surface area (Å²) in [7, 11) is 2.17. The number of phenols is 1. The van der Waals surface area contributed by atoms with E-state index < -0.39 is 0 Å².